The van der Waals surface area contributed by atoms with Crippen LogP contribution in [0.25, 0.3) is 0 Å². The van der Waals surface area contributed by atoms with Gasteiger partial charge in [0, 0.05) is 6.42 Å². The number of aliphatic hydroxyl groups excluding tert-OH is 5. The van der Waals surface area contributed by atoms with Crippen LogP contribution in [0.1, 0.15) is 278 Å². The van der Waals surface area contributed by atoms with Crippen molar-refractivity contribution in [2.24, 2.45) is 0 Å². The Balaban J connectivity index is 2.67. The fourth-order valence-electron chi connectivity index (χ4n) is 9.45. The maximum Gasteiger partial charge on any atom is 0.306 e. The van der Waals surface area contributed by atoms with Gasteiger partial charge in [0.25, 0.3) is 0 Å². The Kier molecular flexibility index (Phi) is 46.9. The van der Waals surface area contributed by atoms with Gasteiger partial charge in [0.05, 0.1) is 25.4 Å². The van der Waals surface area contributed by atoms with Crippen LogP contribution in [0.4, 0.5) is 0 Å². The van der Waals surface area contributed by atoms with Crippen LogP contribution in [0.15, 0.2) is 36.5 Å². The third-order valence-corrected chi connectivity index (χ3v) is 14.3. The lowest BCUT2D eigenvalue weighted by atomic mass is 9.99. The first-order valence-electron chi connectivity index (χ1n) is 30.3. The van der Waals surface area contributed by atoms with Crippen molar-refractivity contribution in [2.75, 3.05) is 13.2 Å². The number of hydrogen-bond donors (Lipinski definition) is 6. The molecule has 1 rings (SSSR count). The molecular formula is C61H113NO10. The number of carbonyl (C=O) groups excluding carboxylic acids is 2. The van der Waals surface area contributed by atoms with Gasteiger partial charge in [0.2, 0.25) is 5.91 Å². The number of nitrogens with one attached hydrogen (secondary N) is 1. The maximum atomic E-state index is 13.4. The number of rotatable bonds is 51. The highest BCUT2D eigenvalue weighted by molar-refractivity contribution is 5.80. The summed E-state index contributed by atoms with van der Waals surface area (Å²) in [5, 5.41) is 56.8. The van der Waals surface area contributed by atoms with Crippen LogP contribution in [-0.2, 0) is 23.8 Å². The minimum Gasteiger partial charge on any atom is -0.454 e. The normalized spacial score (nSPS) is 19.7. The van der Waals surface area contributed by atoms with E-state index in [0.29, 0.717) is 19.3 Å². The van der Waals surface area contributed by atoms with Gasteiger partial charge in [-0.1, -0.05) is 250 Å². The Morgan fingerprint density at radius 2 is 0.958 bits per heavy atom. The predicted molar refractivity (Wildman–Crippen MR) is 297 cm³/mol. The second-order valence-electron chi connectivity index (χ2n) is 21.1. The fourth-order valence-corrected chi connectivity index (χ4v) is 9.45. The quantitative estimate of drug-likeness (QED) is 0.0195. The molecule has 11 nitrogen and oxygen atoms in total. The first-order chi connectivity index (χ1) is 35.2. The molecule has 0 spiro atoms. The van der Waals surface area contributed by atoms with Gasteiger partial charge in [-0.3, -0.25) is 9.59 Å². The number of hydrogen-bond acceptors (Lipinski definition) is 10. The molecule has 1 aliphatic heterocycles. The molecule has 8 atom stereocenters. The number of unbranched alkanes of at least 4 members (excludes halogenated alkanes) is 33. The monoisotopic (exact) mass is 1020 g/mol. The molecule has 0 saturated carbocycles. The molecule has 1 heterocycles. The molecule has 0 aromatic carbocycles. The summed E-state index contributed by atoms with van der Waals surface area (Å²) in [6, 6.07) is -1.02. The minimum absolute atomic E-state index is 0.127. The smallest absolute Gasteiger partial charge is 0.306 e. The van der Waals surface area contributed by atoms with E-state index in [1.807, 2.05) is 6.08 Å². The molecule has 0 radical (unpaired) electrons. The fraction of sp³-hybridized carbons (Fsp3) is 0.869. The van der Waals surface area contributed by atoms with Crippen molar-refractivity contribution in [3.8, 4) is 0 Å². The zero-order chi connectivity index (χ0) is 52.5. The molecule has 0 aromatic heterocycles. The summed E-state index contributed by atoms with van der Waals surface area (Å²) in [4.78, 5) is 26.4. The van der Waals surface area contributed by atoms with Crippen LogP contribution in [0.5, 0.6) is 0 Å². The summed E-state index contributed by atoms with van der Waals surface area (Å²) in [6.07, 6.45) is 47.6. The summed E-state index contributed by atoms with van der Waals surface area (Å²) in [7, 11) is 0. The van der Waals surface area contributed by atoms with Crippen LogP contribution in [-0.4, -0.2) is 99.6 Å². The van der Waals surface area contributed by atoms with Crippen LogP contribution in [0.3, 0.4) is 0 Å². The van der Waals surface area contributed by atoms with Gasteiger partial charge in [-0.25, -0.2) is 0 Å². The zero-order valence-electron chi connectivity index (χ0n) is 46.6. The van der Waals surface area contributed by atoms with Crippen LogP contribution >= 0.6 is 0 Å². The van der Waals surface area contributed by atoms with Gasteiger partial charge in [0.1, 0.15) is 24.4 Å². The number of carbonyl (C=O) groups is 2. The number of aliphatic hydroxyl groups is 5. The average Bonchev–Trinajstić information content (AvgIpc) is 3.38. The van der Waals surface area contributed by atoms with Crippen molar-refractivity contribution in [3.63, 3.8) is 0 Å². The first kappa shape index (κ1) is 67.9. The molecule has 11 heteroatoms. The lowest BCUT2D eigenvalue weighted by molar-refractivity contribution is -0.305. The topological polar surface area (TPSA) is 175 Å². The number of allylic oxidation sites excluding steroid dienone is 5. The minimum atomic E-state index is -1.61. The summed E-state index contributed by atoms with van der Waals surface area (Å²) in [6.45, 7) is 5.76. The highest BCUT2D eigenvalue weighted by atomic mass is 16.7. The molecule has 1 aliphatic rings. The van der Waals surface area contributed by atoms with Crippen LogP contribution in [0, 0.1) is 0 Å². The van der Waals surface area contributed by atoms with E-state index in [4.69, 9.17) is 14.2 Å². The van der Waals surface area contributed by atoms with E-state index in [1.165, 1.54) is 161 Å². The summed E-state index contributed by atoms with van der Waals surface area (Å²) < 4.78 is 17.6. The van der Waals surface area contributed by atoms with Crippen molar-refractivity contribution < 1.29 is 49.3 Å². The Hall–Kier alpha value is -2.12. The number of esters is 1. The van der Waals surface area contributed by atoms with Gasteiger partial charge in [-0.2, -0.15) is 0 Å². The first-order valence-corrected chi connectivity index (χ1v) is 30.3. The van der Waals surface area contributed by atoms with Crippen molar-refractivity contribution in [1.29, 1.82) is 0 Å². The maximum absolute atomic E-state index is 13.4. The summed E-state index contributed by atoms with van der Waals surface area (Å²) in [5.41, 5.74) is 0. The zero-order valence-corrected chi connectivity index (χ0v) is 46.6. The van der Waals surface area contributed by atoms with Crippen molar-refractivity contribution in [3.05, 3.63) is 36.5 Å². The lowest BCUT2D eigenvalue weighted by Crippen LogP contribution is -2.61. The molecule has 422 valence electrons. The number of amides is 1. The Morgan fingerprint density at radius 3 is 1.44 bits per heavy atom. The van der Waals surface area contributed by atoms with Gasteiger partial charge < -0.3 is 45.1 Å². The molecule has 72 heavy (non-hydrogen) atoms. The number of ether oxygens (including phenoxy) is 3. The molecule has 0 aromatic rings. The summed E-state index contributed by atoms with van der Waals surface area (Å²) in [5.74, 6) is -1.19. The molecule has 1 saturated heterocycles. The highest BCUT2D eigenvalue weighted by Crippen LogP contribution is 2.26. The SMILES string of the molecule is CCCCC/C=C\C/C=C\CCCCCCCCCCCCC(O)C(=O)NC(COC1OC(CO)C(O)C(O)C1OC(=O)CCCCCCCCCCCCC)C(O)/C=C/CCCCCCCCCCCC. The van der Waals surface area contributed by atoms with Crippen molar-refractivity contribution in [1.82, 2.24) is 5.32 Å². The molecular weight excluding hydrogens is 907 g/mol. The Bertz CT molecular complexity index is 1310. The van der Waals surface area contributed by atoms with E-state index in [9.17, 15) is 35.1 Å². The second-order valence-corrected chi connectivity index (χ2v) is 21.1. The molecule has 1 fully saturated rings. The van der Waals surface area contributed by atoms with Gasteiger partial charge in [-0.15, -0.1) is 0 Å². The lowest BCUT2D eigenvalue weighted by Gasteiger charge is -2.41. The van der Waals surface area contributed by atoms with Gasteiger partial charge in [0.15, 0.2) is 12.4 Å². The van der Waals surface area contributed by atoms with E-state index < -0.39 is 67.4 Å². The molecule has 8 unspecified atom stereocenters. The highest BCUT2D eigenvalue weighted by Gasteiger charge is 2.47. The Labute approximate surface area is 441 Å². The van der Waals surface area contributed by atoms with Crippen molar-refractivity contribution >= 4 is 11.9 Å². The largest absolute Gasteiger partial charge is 0.454 e. The van der Waals surface area contributed by atoms with Crippen LogP contribution < -0.4 is 5.32 Å². The standard InChI is InChI=1S/C61H113NO10/c1-4-7-10-13-16-19-22-24-25-26-27-28-29-30-31-34-36-39-42-45-48-54(65)60(69)62-52(53(64)47-44-41-38-35-33-23-20-17-14-11-8-5-2)51-70-61-59(58(68)57(67)55(50-63)71-61)72-56(66)49-46-43-40-37-32-21-18-15-12-9-6-3/h16,19,24-25,44,47,52-55,57-59,61,63-65,67-68H,4-15,17-18,20-23,26-43,45-46,48-51H2,1-3H3,(H,62,69)/b19-16-,25-24-,47-44+. The van der Waals surface area contributed by atoms with E-state index >= 15 is 0 Å². The van der Waals surface area contributed by atoms with Crippen LogP contribution in [0.2, 0.25) is 0 Å². The summed E-state index contributed by atoms with van der Waals surface area (Å²) >= 11 is 0. The molecule has 6 N–H and O–H groups in total. The Morgan fingerprint density at radius 1 is 0.542 bits per heavy atom. The molecule has 0 aliphatic carbocycles. The average molecular weight is 1020 g/mol. The second kappa shape index (κ2) is 49.7. The van der Waals surface area contributed by atoms with E-state index in [-0.39, 0.29) is 13.0 Å². The van der Waals surface area contributed by atoms with E-state index in [2.05, 4.69) is 50.4 Å². The molecule has 1 amide bonds. The van der Waals surface area contributed by atoms with Crippen molar-refractivity contribution in [2.45, 2.75) is 327 Å². The van der Waals surface area contributed by atoms with Gasteiger partial charge >= 0.3 is 5.97 Å². The third-order valence-electron chi connectivity index (χ3n) is 14.3. The van der Waals surface area contributed by atoms with E-state index in [0.717, 1.165) is 70.6 Å². The molecule has 0 bridgehead atoms. The van der Waals surface area contributed by atoms with E-state index in [1.54, 1.807) is 6.08 Å². The van der Waals surface area contributed by atoms with Gasteiger partial charge in [-0.05, 0) is 57.8 Å². The predicted octanol–water partition coefficient (Wildman–Crippen LogP) is 13.9. The third kappa shape index (κ3) is 37.6.